The fraction of sp³-hybridized carbons (Fsp3) is 0.318. The Bertz CT molecular complexity index is 1050. The molecule has 3 aromatic rings. The van der Waals surface area contributed by atoms with Gasteiger partial charge in [0.15, 0.2) is 0 Å². The fourth-order valence-electron chi connectivity index (χ4n) is 4.71. The Morgan fingerprint density at radius 2 is 1.77 bits per heavy atom. The number of nitrogens with zero attached hydrogens (tertiary/aromatic N) is 5. The number of benzene rings is 1. The molecule has 30 heavy (non-hydrogen) atoms. The first-order valence-electron chi connectivity index (χ1n) is 10.0. The lowest BCUT2D eigenvalue weighted by Gasteiger charge is -2.30. The molecule has 2 aromatic heterocycles. The van der Waals surface area contributed by atoms with Gasteiger partial charge in [-0.3, -0.25) is 14.7 Å². The molecule has 2 saturated heterocycles. The van der Waals surface area contributed by atoms with Gasteiger partial charge in [-0.25, -0.2) is 9.97 Å². The van der Waals surface area contributed by atoms with E-state index in [1.54, 1.807) is 31.6 Å². The normalized spacial score (nSPS) is 22.9. The number of carbonyl (C=O) groups excluding carboxylic acids is 2. The van der Waals surface area contributed by atoms with Crippen molar-refractivity contribution >= 4 is 11.8 Å². The maximum atomic E-state index is 13.3. The number of hydrogen-bond donors (Lipinski definition) is 1. The molecule has 2 aliphatic heterocycles. The van der Waals surface area contributed by atoms with Gasteiger partial charge in [0.25, 0.3) is 11.8 Å². The summed E-state index contributed by atoms with van der Waals surface area (Å²) in [7, 11) is 0. The zero-order valence-electron chi connectivity index (χ0n) is 16.6. The highest BCUT2D eigenvalue weighted by Crippen LogP contribution is 2.45. The summed E-state index contributed by atoms with van der Waals surface area (Å²) in [5, 5.41) is 6.64. The van der Waals surface area contributed by atoms with Crippen LogP contribution in [0.2, 0.25) is 0 Å². The minimum Gasteiger partial charge on any atom is -0.337 e. The van der Waals surface area contributed by atoms with Crippen molar-refractivity contribution in [3.63, 3.8) is 0 Å². The molecule has 2 amide bonds. The zero-order valence-corrected chi connectivity index (χ0v) is 16.6. The number of aryl methyl sites for hydroxylation is 1. The molecule has 5 rings (SSSR count). The second kappa shape index (κ2) is 7.37. The predicted molar refractivity (Wildman–Crippen MR) is 108 cm³/mol. The third-order valence-electron chi connectivity index (χ3n) is 6.11. The number of hydrogen-bond acceptors (Lipinski definition) is 5. The van der Waals surface area contributed by atoms with Gasteiger partial charge in [-0.15, -0.1) is 0 Å². The van der Waals surface area contributed by atoms with Crippen LogP contribution < -0.4 is 0 Å². The van der Waals surface area contributed by atoms with Crippen molar-refractivity contribution in [2.45, 2.75) is 13.0 Å². The molecule has 0 unspecified atom stereocenters. The smallest absolute Gasteiger partial charge is 0.271 e. The number of rotatable bonds is 3. The summed E-state index contributed by atoms with van der Waals surface area (Å²) in [6.07, 6.45) is 4.77. The molecule has 8 heteroatoms. The molecule has 0 spiro atoms. The largest absolute Gasteiger partial charge is 0.337 e. The first-order valence-corrected chi connectivity index (χ1v) is 10.0. The topological polar surface area (TPSA) is 95.1 Å². The Hall–Kier alpha value is -3.55. The van der Waals surface area contributed by atoms with Crippen LogP contribution in [0.4, 0.5) is 0 Å². The number of aromatic nitrogens is 4. The van der Waals surface area contributed by atoms with E-state index in [1.807, 2.05) is 28.0 Å². The van der Waals surface area contributed by atoms with Gasteiger partial charge in [0.2, 0.25) is 0 Å². The van der Waals surface area contributed by atoms with Crippen LogP contribution in [0.25, 0.3) is 0 Å². The van der Waals surface area contributed by atoms with E-state index < -0.39 is 0 Å². The molecule has 0 aliphatic carbocycles. The Labute approximate surface area is 173 Å². The lowest BCUT2D eigenvalue weighted by molar-refractivity contribution is 0.0674. The lowest BCUT2D eigenvalue weighted by Crippen LogP contribution is -2.37. The van der Waals surface area contributed by atoms with Crippen molar-refractivity contribution in [3.8, 4) is 0 Å². The molecule has 2 aliphatic rings. The van der Waals surface area contributed by atoms with Crippen LogP contribution in [-0.2, 0) is 0 Å². The molecule has 1 aromatic carbocycles. The van der Waals surface area contributed by atoms with Crippen LogP contribution in [0.3, 0.4) is 0 Å². The second-order valence-corrected chi connectivity index (χ2v) is 7.94. The van der Waals surface area contributed by atoms with Gasteiger partial charge in [-0.05, 0) is 18.6 Å². The quantitative estimate of drug-likeness (QED) is 0.724. The molecule has 4 heterocycles. The predicted octanol–water partition coefficient (Wildman–Crippen LogP) is 2.09. The summed E-state index contributed by atoms with van der Waals surface area (Å²) in [5.74, 6) is 0.924. The van der Waals surface area contributed by atoms with Gasteiger partial charge in [-0.1, -0.05) is 30.3 Å². The highest BCUT2D eigenvalue weighted by atomic mass is 16.2. The molecule has 1 N–H and O–H groups in total. The molecular formula is C22H22N6O2. The minimum atomic E-state index is -0.0930. The van der Waals surface area contributed by atoms with Crippen LogP contribution in [0.1, 0.15) is 38.3 Å². The minimum absolute atomic E-state index is 0.0430. The van der Waals surface area contributed by atoms with Crippen LogP contribution in [0.15, 0.2) is 55.0 Å². The molecule has 3 atom stereocenters. The number of aromatic amines is 1. The standard InChI is InChI=1S/C22H22N6O2/c1-14-23-9-16(10-24-14)21(29)28-12-17-11-27(22(30)19-7-8-25-26-19)13-18(17)20(28)15-5-3-2-4-6-15/h2-10,17-18,20H,11-13H2,1H3,(H,25,26)/t17-,18-,20+/m0/s1. The molecule has 2 fully saturated rings. The number of amides is 2. The van der Waals surface area contributed by atoms with Gasteiger partial charge in [-0.2, -0.15) is 5.10 Å². The first-order chi connectivity index (χ1) is 14.6. The molecule has 0 saturated carbocycles. The molecular weight excluding hydrogens is 380 g/mol. The van der Waals surface area contributed by atoms with Crippen molar-refractivity contribution < 1.29 is 9.59 Å². The molecule has 0 radical (unpaired) electrons. The van der Waals surface area contributed by atoms with Gasteiger partial charge in [0.05, 0.1) is 11.6 Å². The Balaban J connectivity index is 1.44. The van der Waals surface area contributed by atoms with Crippen molar-refractivity contribution in [1.82, 2.24) is 30.0 Å². The van der Waals surface area contributed by atoms with E-state index in [9.17, 15) is 9.59 Å². The highest BCUT2D eigenvalue weighted by Gasteiger charge is 2.50. The average molecular weight is 402 g/mol. The molecule has 8 nitrogen and oxygen atoms in total. The van der Waals surface area contributed by atoms with E-state index in [0.717, 1.165) is 5.56 Å². The summed E-state index contributed by atoms with van der Waals surface area (Å²) in [5.41, 5.74) is 2.07. The average Bonchev–Trinajstić information content (AvgIpc) is 3.50. The Morgan fingerprint density at radius 3 is 2.47 bits per heavy atom. The van der Waals surface area contributed by atoms with E-state index in [0.29, 0.717) is 36.7 Å². The summed E-state index contributed by atoms with van der Waals surface area (Å²) in [4.78, 5) is 38.3. The summed E-state index contributed by atoms with van der Waals surface area (Å²) < 4.78 is 0. The van der Waals surface area contributed by atoms with E-state index >= 15 is 0 Å². The van der Waals surface area contributed by atoms with Crippen LogP contribution in [-0.4, -0.2) is 61.4 Å². The number of H-pyrrole nitrogens is 1. The van der Waals surface area contributed by atoms with E-state index in [4.69, 9.17) is 0 Å². The number of carbonyl (C=O) groups is 2. The third-order valence-corrected chi connectivity index (χ3v) is 6.11. The van der Waals surface area contributed by atoms with Crippen LogP contribution in [0, 0.1) is 18.8 Å². The van der Waals surface area contributed by atoms with Crippen LogP contribution >= 0.6 is 0 Å². The number of fused-ring (bicyclic) bond motifs is 1. The first kappa shape index (κ1) is 18.5. The Kier molecular flexibility index (Phi) is 4.54. The molecule has 0 bridgehead atoms. The van der Waals surface area contributed by atoms with Crippen molar-refractivity contribution in [2.75, 3.05) is 19.6 Å². The highest BCUT2D eigenvalue weighted by molar-refractivity contribution is 5.94. The summed E-state index contributed by atoms with van der Waals surface area (Å²) in [6, 6.07) is 11.7. The van der Waals surface area contributed by atoms with Gasteiger partial charge in [0.1, 0.15) is 11.5 Å². The summed E-state index contributed by atoms with van der Waals surface area (Å²) in [6.45, 7) is 3.63. The summed E-state index contributed by atoms with van der Waals surface area (Å²) >= 11 is 0. The van der Waals surface area contributed by atoms with Crippen molar-refractivity contribution in [3.05, 3.63) is 77.6 Å². The van der Waals surface area contributed by atoms with E-state index in [2.05, 4.69) is 32.3 Å². The SMILES string of the molecule is Cc1ncc(C(=O)N2C[C@@H]3CN(C(=O)c4ccn[nH]4)C[C@@H]3[C@H]2c2ccccc2)cn1. The van der Waals surface area contributed by atoms with Crippen molar-refractivity contribution in [1.29, 1.82) is 0 Å². The maximum Gasteiger partial charge on any atom is 0.271 e. The second-order valence-electron chi connectivity index (χ2n) is 7.94. The monoisotopic (exact) mass is 402 g/mol. The van der Waals surface area contributed by atoms with Gasteiger partial charge < -0.3 is 9.80 Å². The van der Waals surface area contributed by atoms with Crippen LogP contribution in [0.5, 0.6) is 0 Å². The zero-order chi connectivity index (χ0) is 20.7. The third kappa shape index (κ3) is 3.14. The Morgan fingerprint density at radius 1 is 1.00 bits per heavy atom. The number of likely N-dealkylation sites (tertiary alicyclic amines) is 2. The number of nitrogens with one attached hydrogen (secondary N) is 1. The lowest BCUT2D eigenvalue weighted by atomic mass is 9.89. The van der Waals surface area contributed by atoms with E-state index in [1.165, 1.54) is 0 Å². The van der Waals surface area contributed by atoms with Gasteiger partial charge >= 0.3 is 0 Å². The van der Waals surface area contributed by atoms with E-state index in [-0.39, 0.29) is 29.7 Å². The molecule has 152 valence electrons. The maximum absolute atomic E-state index is 13.3. The fourth-order valence-corrected chi connectivity index (χ4v) is 4.71. The van der Waals surface area contributed by atoms with Crippen molar-refractivity contribution in [2.24, 2.45) is 11.8 Å². The van der Waals surface area contributed by atoms with Gasteiger partial charge in [0, 0.05) is 50.1 Å².